The number of benzene rings is 2. The first-order valence-corrected chi connectivity index (χ1v) is 11.0. The number of anilines is 1. The molecule has 0 atom stereocenters. The van der Waals surface area contributed by atoms with Crippen LogP contribution in [0.15, 0.2) is 63.9 Å². The fourth-order valence-electron chi connectivity index (χ4n) is 3.84. The molecule has 0 spiro atoms. The summed E-state index contributed by atoms with van der Waals surface area (Å²) >= 11 is 6.04. The average Bonchev–Trinajstić information content (AvgIpc) is 3.22. The number of rotatable bonds is 7. The van der Waals surface area contributed by atoms with Crippen LogP contribution in [0.3, 0.4) is 0 Å². The summed E-state index contributed by atoms with van der Waals surface area (Å²) < 4.78 is 12.5. The minimum atomic E-state index is -0.452. The molecule has 2 aromatic heterocycles. The quantitative estimate of drug-likeness (QED) is 0.362. The van der Waals surface area contributed by atoms with Crippen LogP contribution < -0.4 is 10.9 Å². The minimum absolute atomic E-state index is 0.0138. The number of furan rings is 1. The molecular formula is C26H22ClN3O4. The summed E-state index contributed by atoms with van der Waals surface area (Å²) in [4.78, 5) is 26.0. The molecule has 0 saturated heterocycles. The van der Waals surface area contributed by atoms with E-state index in [1.807, 2.05) is 31.2 Å². The predicted octanol–water partition coefficient (Wildman–Crippen LogP) is 5.38. The van der Waals surface area contributed by atoms with Crippen LogP contribution in [0.25, 0.3) is 22.1 Å². The van der Waals surface area contributed by atoms with E-state index in [1.165, 1.54) is 10.6 Å². The highest BCUT2D eigenvalue weighted by molar-refractivity contribution is 6.30. The average molecular weight is 476 g/mol. The van der Waals surface area contributed by atoms with Gasteiger partial charge in [0.25, 0.3) is 11.5 Å². The summed E-state index contributed by atoms with van der Waals surface area (Å²) in [7, 11) is 1.59. The van der Waals surface area contributed by atoms with Gasteiger partial charge in [-0.05, 0) is 49.2 Å². The second-order valence-electron chi connectivity index (χ2n) is 7.81. The van der Waals surface area contributed by atoms with Gasteiger partial charge in [0.1, 0.15) is 17.2 Å². The van der Waals surface area contributed by atoms with Gasteiger partial charge in [-0.3, -0.25) is 9.59 Å². The second kappa shape index (κ2) is 9.96. The zero-order valence-corrected chi connectivity index (χ0v) is 19.5. The number of halogens is 1. The van der Waals surface area contributed by atoms with E-state index in [2.05, 4.69) is 5.32 Å². The fraction of sp³-hybridized carbons (Fsp3) is 0.192. The topological polar surface area (TPSA) is 97.3 Å². The maximum atomic E-state index is 13.3. The van der Waals surface area contributed by atoms with E-state index >= 15 is 0 Å². The number of pyridine rings is 1. The number of aryl methyl sites for hydroxylation is 2. The van der Waals surface area contributed by atoms with Gasteiger partial charge in [-0.2, -0.15) is 5.26 Å². The van der Waals surface area contributed by atoms with Crippen molar-refractivity contribution in [2.75, 3.05) is 19.0 Å². The Hall–Kier alpha value is -3.86. The molecule has 0 aliphatic carbocycles. The van der Waals surface area contributed by atoms with E-state index in [-0.39, 0.29) is 11.3 Å². The number of nitrogens with zero attached hydrogens (tertiary/aromatic N) is 2. The molecule has 0 bridgehead atoms. The molecule has 0 unspecified atom stereocenters. The standard InChI is InChI=1S/C26H22ClN3O4/c1-16-12-19(27)8-9-21(16)29-25(31)24-23(20-6-3-4-7-22(20)34-24)18-13-17(14-28)26(32)30(15-18)10-5-11-33-2/h3-4,6-9,12-13,15H,5,10-11H2,1-2H3,(H,29,31). The van der Waals surface area contributed by atoms with Crippen molar-refractivity contribution < 1.29 is 13.9 Å². The maximum Gasteiger partial charge on any atom is 0.292 e. The molecule has 4 aromatic rings. The molecule has 2 aromatic carbocycles. The minimum Gasteiger partial charge on any atom is -0.450 e. The van der Waals surface area contributed by atoms with Crippen molar-refractivity contribution in [1.82, 2.24) is 4.57 Å². The summed E-state index contributed by atoms with van der Waals surface area (Å²) in [6, 6.07) is 15.9. The zero-order valence-electron chi connectivity index (χ0n) is 18.7. The number of nitrogens with one attached hydrogen (secondary N) is 1. The molecule has 0 aliphatic heterocycles. The van der Waals surface area contributed by atoms with Gasteiger partial charge < -0.3 is 19.0 Å². The number of ether oxygens (including phenoxy) is 1. The summed E-state index contributed by atoms with van der Waals surface area (Å²) in [5, 5.41) is 13.7. The van der Waals surface area contributed by atoms with Crippen LogP contribution in [0.5, 0.6) is 0 Å². The molecular weight excluding hydrogens is 454 g/mol. The monoisotopic (exact) mass is 475 g/mol. The van der Waals surface area contributed by atoms with Crippen LogP contribution in [-0.2, 0) is 11.3 Å². The third kappa shape index (κ3) is 4.60. The van der Waals surface area contributed by atoms with Crippen molar-refractivity contribution in [1.29, 1.82) is 5.26 Å². The number of hydrogen-bond acceptors (Lipinski definition) is 5. The lowest BCUT2D eigenvalue weighted by atomic mass is 10.0. The number of amides is 1. The number of hydrogen-bond donors (Lipinski definition) is 1. The van der Waals surface area contributed by atoms with Gasteiger partial charge in [0, 0.05) is 53.7 Å². The first-order chi connectivity index (χ1) is 16.4. The van der Waals surface area contributed by atoms with Gasteiger partial charge in [-0.15, -0.1) is 0 Å². The van der Waals surface area contributed by atoms with Gasteiger partial charge in [-0.1, -0.05) is 29.8 Å². The number of para-hydroxylation sites is 1. The molecule has 0 fully saturated rings. The molecule has 1 amide bonds. The molecule has 172 valence electrons. The van der Waals surface area contributed by atoms with Crippen LogP contribution in [0, 0.1) is 18.3 Å². The smallest absolute Gasteiger partial charge is 0.292 e. The summed E-state index contributed by atoms with van der Waals surface area (Å²) in [6.07, 6.45) is 2.25. The number of aromatic nitrogens is 1. The van der Waals surface area contributed by atoms with Crippen LogP contribution >= 0.6 is 11.6 Å². The Morgan fingerprint density at radius 3 is 2.76 bits per heavy atom. The van der Waals surface area contributed by atoms with Gasteiger partial charge in [0.05, 0.1) is 0 Å². The van der Waals surface area contributed by atoms with E-state index in [1.54, 1.807) is 37.6 Å². The Morgan fingerprint density at radius 1 is 1.24 bits per heavy atom. The van der Waals surface area contributed by atoms with E-state index in [9.17, 15) is 14.9 Å². The third-order valence-corrected chi connectivity index (χ3v) is 5.72. The molecule has 0 radical (unpaired) electrons. The molecule has 7 nitrogen and oxygen atoms in total. The summed E-state index contributed by atoms with van der Waals surface area (Å²) in [5.41, 5.74) is 2.57. The number of fused-ring (bicyclic) bond motifs is 1. The fourth-order valence-corrected chi connectivity index (χ4v) is 4.06. The number of carbonyl (C=O) groups is 1. The highest BCUT2D eigenvalue weighted by atomic mass is 35.5. The van der Waals surface area contributed by atoms with E-state index in [4.69, 9.17) is 20.8 Å². The predicted molar refractivity (Wildman–Crippen MR) is 131 cm³/mol. The first-order valence-electron chi connectivity index (χ1n) is 10.7. The molecule has 8 heteroatoms. The highest BCUT2D eigenvalue weighted by Gasteiger charge is 2.24. The van der Waals surface area contributed by atoms with E-state index in [0.29, 0.717) is 52.4 Å². The van der Waals surface area contributed by atoms with Crippen LogP contribution in [0.1, 0.15) is 28.1 Å². The Labute approximate surface area is 201 Å². The first kappa shape index (κ1) is 23.3. The van der Waals surface area contributed by atoms with E-state index in [0.717, 1.165) is 5.56 Å². The van der Waals surface area contributed by atoms with Crippen molar-refractivity contribution in [2.24, 2.45) is 0 Å². The van der Waals surface area contributed by atoms with Gasteiger partial charge in [0.15, 0.2) is 0 Å². The van der Waals surface area contributed by atoms with Gasteiger partial charge in [-0.25, -0.2) is 0 Å². The normalized spacial score (nSPS) is 10.9. The van der Waals surface area contributed by atoms with Gasteiger partial charge in [0.2, 0.25) is 5.76 Å². The lowest BCUT2D eigenvalue weighted by molar-refractivity contribution is 0.0999. The Bertz CT molecular complexity index is 1480. The Balaban J connectivity index is 1.85. The molecule has 1 N–H and O–H groups in total. The molecule has 0 aliphatic rings. The second-order valence-corrected chi connectivity index (χ2v) is 8.25. The summed E-state index contributed by atoms with van der Waals surface area (Å²) in [5.74, 6) is -0.367. The summed E-state index contributed by atoms with van der Waals surface area (Å²) in [6.45, 7) is 2.69. The Morgan fingerprint density at radius 2 is 2.03 bits per heavy atom. The molecule has 0 saturated carbocycles. The van der Waals surface area contributed by atoms with Crippen molar-refractivity contribution in [3.05, 3.63) is 87.0 Å². The van der Waals surface area contributed by atoms with Crippen molar-refractivity contribution in [3.63, 3.8) is 0 Å². The van der Waals surface area contributed by atoms with Crippen molar-refractivity contribution in [2.45, 2.75) is 19.9 Å². The van der Waals surface area contributed by atoms with E-state index < -0.39 is 11.5 Å². The molecule has 2 heterocycles. The maximum absolute atomic E-state index is 13.3. The zero-order chi connectivity index (χ0) is 24.2. The molecule has 4 rings (SSSR count). The molecule has 34 heavy (non-hydrogen) atoms. The third-order valence-electron chi connectivity index (χ3n) is 5.48. The number of methoxy groups -OCH3 is 1. The number of nitriles is 1. The van der Waals surface area contributed by atoms with Gasteiger partial charge >= 0.3 is 0 Å². The van der Waals surface area contributed by atoms with Crippen LogP contribution in [0.4, 0.5) is 5.69 Å². The van der Waals surface area contributed by atoms with Crippen LogP contribution in [0.2, 0.25) is 5.02 Å². The lowest BCUT2D eigenvalue weighted by Crippen LogP contribution is -2.23. The number of carbonyl (C=O) groups excluding carboxylic acids is 1. The Kier molecular flexibility index (Phi) is 6.82. The SMILES string of the molecule is COCCCn1cc(-c2c(C(=O)Nc3ccc(Cl)cc3C)oc3ccccc23)cc(C#N)c1=O. The largest absolute Gasteiger partial charge is 0.450 e. The lowest BCUT2D eigenvalue weighted by Gasteiger charge is -2.11. The van der Waals surface area contributed by atoms with Crippen molar-refractivity contribution in [3.8, 4) is 17.2 Å². The van der Waals surface area contributed by atoms with Crippen LogP contribution in [-0.4, -0.2) is 24.2 Å². The highest BCUT2D eigenvalue weighted by Crippen LogP contribution is 2.35. The van der Waals surface area contributed by atoms with Crippen molar-refractivity contribution >= 4 is 34.2 Å².